The van der Waals surface area contributed by atoms with E-state index in [1.165, 1.54) is 0 Å². The predicted octanol–water partition coefficient (Wildman–Crippen LogP) is 1.43. The van der Waals surface area contributed by atoms with Crippen LogP contribution < -0.4 is 9.47 Å². The Morgan fingerprint density at radius 2 is 1.83 bits per heavy atom. The monoisotopic (exact) mass is 272 g/mol. The summed E-state index contributed by atoms with van der Waals surface area (Å²) in [5.74, 6) is -0.0408. The molecule has 0 amide bonds. The molecule has 18 heavy (non-hydrogen) atoms. The van der Waals surface area contributed by atoms with Crippen molar-refractivity contribution in [1.82, 2.24) is 0 Å². The SMILES string of the molecule is CCOc1ccccc1OC(=O)CCS(C)(=O)=O. The zero-order chi connectivity index (χ0) is 13.6. The van der Waals surface area contributed by atoms with Crippen molar-refractivity contribution in [1.29, 1.82) is 0 Å². The lowest BCUT2D eigenvalue weighted by Crippen LogP contribution is -2.14. The molecule has 0 aliphatic heterocycles. The zero-order valence-electron chi connectivity index (χ0n) is 10.4. The molecular weight excluding hydrogens is 256 g/mol. The Hall–Kier alpha value is -1.56. The highest BCUT2D eigenvalue weighted by Crippen LogP contribution is 2.26. The van der Waals surface area contributed by atoms with Gasteiger partial charge in [-0.25, -0.2) is 8.42 Å². The summed E-state index contributed by atoms with van der Waals surface area (Å²) in [6.07, 6.45) is 0.910. The molecule has 0 saturated heterocycles. The molecule has 0 aromatic heterocycles. The number of carbonyl (C=O) groups excluding carboxylic acids is 1. The van der Waals surface area contributed by atoms with Gasteiger partial charge in [-0.1, -0.05) is 12.1 Å². The van der Waals surface area contributed by atoms with Gasteiger partial charge in [-0.2, -0.15) is 0 Å². The lowest BCUT2D eigenvalue weighted by atomic mass is 10.3. The van der Waals surface area contributed by atoms with Crippen molar-refractivity contribution in [2.24, 2.45) is 0 Å². The molecule has 1 aromatic rings. The van der Waals surface area contributed by atoms with Crippen LogP contribution in [0.4, 0.5) is 0 Å². The molecule has 100 valence electrons. The number of para-hydroxylation sites is 2. The minimum atomic E-state index is -3.16. The van der Waals surface area contributed by atoms with Crippen molar-refractivity contribution in [3.8, 4) is 11.5 Å². The van der Waals surface area contributed by atoms with Crippen LogP contribution in [0, 0.1) is 0 Å². The van der Waals surface area contributed by atoms with Gasteiger partial charge in [0.15, 0.2) is 11.5 Å². The van der Waals surface area contributed by atoms with Crippen molar-refractivity contribution in [2.75, 3.05) is 18.6 Å². The van der Waals surface area contributed by atoms with Gasteiger partial charge in [0.2, 0.25) is 0 Å². The van der Waals surface area contributed by atoms with E-state index in [0.29, 0.717) is 18.1 Å². The minimum absolute atomic E-state index is 0.167. The first kappa shape index (κ1) is 14.5. The van der Waals surface area contributed by atoms with Gasteiger partial charge in [-0.15, -0.1) is 0 Å². The number of carbonyl (C=O) groups is 1. The molecule has 6 heteroatoms. The predicted molar refractivity (Wildman–Crippen MR) is 67.6 cm³/mol. The van der Waals surface area contributed by atoms with Crippen LogP contribution in [0.25, 0.3) is 0 Å². The molecule has 0 unspecified atom stereocenters. The summed E-state index contributed by atoms with van der Waals surface area (Å²) in [7, 11) is -3.16. The molecule has 0 atom stereocenters. The van der Waals surface area contributed by atoms with Crippen LogP contribution >= 0.6 is 0 Å². The fourth-order valence-electron chi connectivity index (χ4n) is 1.25. The first-order valence-corrected chi connectivity index (χ1v) is 7.58. The molecule has 5 nitrogen and oxygen atoms in total. The highest BCUT2D eigenvalue weighted by Gasteiger charge is 2.12. The van der Waals surface area contributed by atoms with Gasteiger partial charge >= 0.3 is 5.97 Å². The van der Waals surface area contributed by atoms with Crippen LogP contribution in [0.2, 0.25) is 0 Å². The second-order valence-corrected chi connectivity index (χ2v) is 5.99. The van der Waals surface area contributed by atoms with E-state index in [0.717, 1.165) is 6.26 Å². The number of ether oxygens (including phenoxy) is 2. The fourth-order valence-corrected chi connectivity index (χ4v) is 1.79. The maximum absolute atomic E-state index is 11.5. The van der Waals surface area contributed by atoms with Crippen LogP contribution in [0.1, 0.15) is 13.3 Å². The van der Waals surface area contributed by atoms with E-state index in [1.807, 2.05) is 6.92 Å². The van der Waals surface area contributed by atoms with E-state index in [2.05, 4.69) is 0 Å². The van der Waals surface area contributed by atoms with E-state index in [9.17, 15) is 13.2 Å². The first-order chi connectivity index (χ1) is 8.42. The second kappa shape index (κ2) is 6.39. The Bertz CT molecular complexity index is 507. The molecule has 1 aromatic carbocycles. The van der Waals surface area contributed by atoms with Crippen molar-refractivity contribution in [3.05, 3.63) is 24.3 Å². The first-order valence-electron chi connectivity index (χ1n) is 5.52. The van der Waals surface area contributed by atoms with E-state index in [4.69, 9.17) is 9.47 Å². The molecule has 0 aliphatic carbocycles. The van der Waals surface area contributed by atoms with Crippen molar-refractivity contribution < 1.29 is 22.7 Å². The largest absolute Gasteiger partial charge is 0.490 e. The van der Waals surface area contributed by atoms with E-state index < -0.39 is 15.8 Å². The summed E-state index contributed by atoms with van der Waals surface area (Å²) < 4.78 is 32.2. The number of hydrogen-bond acceptors (Lipinski definition) is 5. The minimum Gasteiger partial charge on any atom is -0.490 e. The lowest BCUT2D eigenvalue weighted by molar-refractivity contribution is -0.134. The van der Waals surface area contributed by atoms with Gasteiger partial charge in [0.25, 0.3) is 0 Å². The maximum atomic E-state index is 11.5. The van der Waals surface area contributed by atoms with Crippen LogP contribution in [-0.4, -0.2) is 33.0 Å². The number of sulfone groups is 1. The average Bonchev–Trinajstić information content (AvgIpc) is 2.29. The summed E-state index contributed by atoms with van der Waals surface area (Å²) in [6.45, 7) is 2.28. The topological polar surface area (TPSA) is 69.7 Å². The normalized spacial score (nSPS) is 11.0. The van der Waals surface area contributed by atoms with E-state index >= 15 is 0 Å². The van der Waals surface area contributed by atoms with Crippen LogP contribution in [-0.2, 0) is 14.6 Å². The molecule has 0 N–H and O–H groups in total. The average molecular weight is 272 g/mol. The Labute approximate surface area is 107 Å². The third-order valence-electron chi connectivity index (χ3n) is 2.05. The third kappa shape index (κ3) is 5.18. The summed E-state index contributed by atoms with van der Waals surface area (Å²) in [4.78, 5) is 11.5. The van der Waals surface area contributed by atoms with Crippen molar-refractivity contribution in [3.63, 3.8) is 0 Å². The summed E-state index contributed by atoms with van der Waals surface area (Å²) in [6, 6.07) is 6.76. The molecule has 1 rings (SSSR count). The lowest BCUT2D eigenvalue weighted by Gasteiger charge is -2.09. The van der Waals surface area contributed by atoms with Crippen molar-refractivity contribution in [2.45, 2.75) is 13.3 Å². The van der Waals surface area contributed by atoms with Crippen molar-refractivity contribution >= 4 is 15.8 Å². The Morgan fingerprint density at radius 1 is 1.22 bits per heavy atom. The van der Waals surface area contributed by atoms with Crippen LogP contribution in [0.5, 0.6) is 11.5 Å². The number of benzene rings is 1. The van der Waals surface area contributed by atoms with E-state index in [1.54, 1.807) is 24.3 Å². The number of esters is 1. The van der Waals surface area contributed by atoms with Gasteiger partial charge in [-0.3, -0.25) is 4.79 Å². The molecule has 0 spiro atoms. The highest BCUT2D eigenvalue weighted by molar-refractivity contribution is 7.90. The second-order valence-electron chi connectivity index (χ2n) is 3.73. The zero-order valence-corrected chi connectivity index (χ0v) is 11.2. The molecule has 0 radical (unpaired) electrons. The third-order valence-corrected chi connectivity index (χ3v) is 3.00. The summed E-state index contributed by atoms with van der Waals surface area (Å²) in [5.41, 5.74) is 0. The fraction of sp³-hybridized carbons (Fsp3) is 0.417. The highest BCUT2D eigenvalue weighted by atomic mass is 32.2. The standard InChI is InChI=1S/C12H16O5S/c1-3-16-10-6-4-5-7-11(10)17-12(13)8-9-18(2,14)15/h4-7H,3,8-9H2,1-2H3. The van der Waals surface area contributed by atoms with E-state index in [-0.39, 0.29) is 12.2 Å². The van der Waals surface area contributed by atoms with Gasteiger partial charge in [0, 0.05) is 6.26 Å². The molecule has 0 saturated carbocycles. The summed E-state index contributed by atoms with van der Waals surface area (Å²) >= 11 is 0. The Kier molecular flexibility index (Phi) is 5.15. The van der Waals surface area contributed by atoms with Gasteiger partial charge < -0.3 is 9.47 Å². The smallest absolute Gasteiger partial charge is 0.312 e. The Morgan fingerprint density at radius 3 is 2.39 bits per heavy atom. The van der Waals surface area contributed by atoms with Gasteiger partial charge in [-0.05, 0) is 19.1 Å². The Balaban J connectivity index is 2.64. The number of hydrogen-bond donors (Lipinski definition) is 0. The molecule has 0 aliphatic rings. The van der Waals surface area contributed by atoms with Gasteiger partial charge in [0.1, 0.15) is 9.84 Å². The maximum Gasteiger partial charge on any atom is 0.312 e. The number of rotatable bonds is 6. The van der Waals surface area contributed by atoms with Gasteiger partial charge in [0.05, 0.1) is 18.8 Å². The molecular formula is C12H16O5S. The van der Waals surface area contributed by atoms with Crippen LogP contribution in [0.15, 0.2) is 24.3 Å². The van der Waals surface area contributed by atoms with Crippen LogP contribution in [0.3, 0.4) is 0 Å². The molecule has 0 bridgehead atoms. The molecule has 0 fully saturated rings. The quantitative estimate of drug-likeness (QED) is 0.578. The molecule has 0 heterocycles. The summed E-state index contributed by atoms with van der Waals surface area (Å²) in [5, 5.41) is 0.